The molecule has 3 aliphatic heterocycles. The van der Waals surface area contributed by atoms with Gasteiger partial charge in [0.05, 0.1) is 5.54 Å². The standard InChI is InChI=1S/C28H36N4/c1-2-8-23(9-3-1)22-31-18-13-28(14-19-31)27-25(24-10-4-5-11-26(24)29-27)12-17-32(28)21-20-30-15-6-7-16-30/h1-5,8-11,29H,6-7,12-22H2. The van der Waals surface area contributed by atoms with Crippen molar-refractivity contribution in [2.24, 2.45) is 0 Å². The molecule has 168 valence electrons. The van der Waals surface area contributed by atoms with E-state index >= 15 is 0 Å². The first kappa shape index (κ1) is 20.5. The van der Waals surface area contributed by atoms with Gasteiger partial charge in [-0.1, -0.05) is 48.5 Å². The van der Waals surface area contributed by atoms with E-state index < -0.39 is 0 Å². The smallest absolute Gasteiger partial charge is 0.0639 e. The van der Waals surface area contributed by atoms with E-state index in [4.69, 9.17) is 0 Å². The van der Waals surface area contributed by atoms with Crippen LogP contribution in [0.15, 0.2) is 54.6 Å². The van der Waals surface area contributed by atoms with Gasteiger partial charge in [0.2, 0.25) is 0 Å². The zero-order chi connectivity index (χ0) is 21.4. The van der Waals surface area contributed by atoms with Crippen molar-refractivity contribution in [2.45, 2.75) is 44.2 Å². The predicted octanol–water partition coefficient (Wildman–Crippen LogP) is 4.61. The molecule has 0 saturated carbocycles. The summed E-state index contributed by atoms with van der Waals surface area (Å²) in [5.74, 6) is 0. The minimum Gasteiger partial charge on any atom is -0.357 e. The maximum atomic E-state index is 3.93. The van der Waals surface area contributed by atoms with Crippen LogP contribution in [-0.2, 0) is 18.5 Å². The first-order valence-electron chi connectivity index (χ1n) is 12.7. The van der Waals surface area contributed by atoms with Crippen molar-refractivity contribution >= 4 is 10.9 Å². The summed E-state index contributed by atoms with van der Waals surface area (Å²) in [7, 11) is 0. The van der Waals surface area contributed by atoms with Gasteiger partial charge in [-0.3, -0.25) is 9.80 Å². The Morgan fingerprint density at radius 1 is 0.750 bits per heavy atom. The second kappa shape index (κ2) is 8.66. The van der Waals surface area contributed by atoms with Crippen LogP contribution in [0.3, 0.4) is 0 Å². The molecule has 0 aliphatic carbocycles. The van der Waals surface area contributed by atoms with Crippen LogP contribution in [0.25, 0.3) is 10.9 Å². The quantitative estimate of drug-likeness (QED) is 0.642. The van der Waals surface area contributed by atoms with Crippen LogP contribution in [0, 0.1) is 0 Å². The van der Waals surface area contributed by atoms with Crippen LogP contribution in [-0.4, -0.2) is 65.5 Å². The highest BCUT2D eigenvalue weighted by molar-refractivity contribution is 5.85. The average Bonchev–Trinajstić information content (AvgIpc) is 3.49. The number of aromatic nitrogens is 1. The van der Waals surface area contributed by atoms with E-state index in [1.54, 1.807) is 5.56 Å². The molecule has 3 aromatic rings. The van der Waals surface area contributed by atoms with E-state index in [1.165, 1.54) is 100 Å². The number of aromatic amines is 1. The first-order chi connectivity index (χ1) is 15.8. The summed E-state index contributed by atoms with van der Waals surface area (Å²) in [4.78, 5) is 12.1. The fourth-order valence-electron chi connectivity index (χ4n) is 6.56. The van der Waals surface area contributed by atoms with Crippen molar-refractivity contribution in [3.63, 3.8) is 0 Å². The number of fused-ring (bicyclic) bond motifs is 4. The van der Waals surface area contributed by atoms with Crippen LogP contribution >= 0.6 is 0 Å². The summed E-state index contributed by atoms with van der Waals surface area (Å²) < 4.78 is 0. The molecule has 4 heterocycles. The Morgan fingerprint density at radius 3 is 2.31 bits per heavy atom. The maximum Gasteiger partial charge on any atom is 0.0639 e. The fraction of sp³-hybridized carbons (Fsp3) is 0.500. The molecule has 2 fully saturated rings. The van der Waals surface area contributed by atoms with Crippen molar-refractivity contribution in [2.75, 3.05) is 45.8 Å². The lowest BCUT2D eigenvalue weighted by molar-refractivity contribution is -0.0000758. The summed E-state index contributed by atoms with van der Waals surface area (Å²) in [6.07, 6.45) is 6.38. The van der Waals surface area contributed by atoms with Crippen molar-refractivity contribution in [1.82, 2.24) is 19.7 Å². The Morgan fingerprint density at radius 2 is 1.50 bits per heavy atom. The zero-order valence-electron chi connectivity index (χ0n) is 19.2. The lowest BCUT2D eigenvalue weighted by Gasteiger charge is -2.51. The van der Waals surface area contributed by atoms with E-state index in [2.05, 4.69) is 74.3 Å². The Labute approximate surface area is 192 Å². The molecule has 4 nitrogen and oxygen atoms in total. The van der Waals surface area contributed by atoms with E-state index in [0.29, 0.717) is 0 Å². The van der Waals surface area contributed by atoms with E-state index in [-0.39, 0.29) is 5.54 Å². The van der Waals surface area contributed by atoms with Gasteiger partial charge in [0.1, 0.15) is 0 Å². The Bertz CT molecular complexity index is 1040. The van der Waals surface area contributed by atoms with Gasteiger partial charge in [-0.05, 0) is 62.4 Å². The summed E-state index contributed by atoms with van der Waals surface area (Å²) in [5, 5.41) is 1.45. The Hall–Kier alpha value is -2.14. The molecule has 1 spiro atoms. The SMILES string of the molecule is c1ccc(CN2CCC3(CC2)c2[nH]c4ccccc4c2CCN3CCN2CCCC2)cc1. The summed E-state index contributed by atoms with van der Waals surface area (Å²) >= 11 is 0. The molecule has 0 atom stereocenters. The third-order valence-corrected chi connectivity index (χ3v) is 8.33. The highest BCUT2D eigenvalue weighted by Gasteiger charge is 2.46. The topological polar surface area (TPSA) is 25.5 Å². The fourth-order valence-corrected chi connectivity index (χ4v) is 6.56. The number of nitrogens with one attached hydrogen (secondary N) is 1. The average molecular weight is 429 g/mol. The van der Waals surface area contributed by atoms with Crippen molar-refractivity contribution in [3.8, 4) is 0 Å². The molecule has 4 heteroatoms. The molecular weight excluding hydrogens is 392 g/mol. The van der Waals surface area contributed by atoms with Gasteiger partial charge >= 0.3 is 0 Å². The molecule has 3 aliphatic rings. The van der Waals surface area contributed by atoms with Crippen molar-refractivity contribution in [3.05, 3.63) is 71.4 Å². The zero-order valence-corrected chi connectivity index (χ0v) is 19.2. The highest BCUT2D eigenvalue weighted by Crippen LogP contribution is 2.45. The molecule has 0 radical (unpaired) electrons. The number of para-hydroxylation sites is 1. The number of hydrogen-bond donors (Lipinski definition) is 1. The lowest BCUT2D eigenvalue weighted by atomic mass is 9.77. The summed E-state index contributed by atoms with van der Waals surface area (Å²) in [5.41, 5.74) is 6.05. The van der Waals surface area contributed by atoms with Crippen molar-refractivity contribution < 1.29 is 0 Å². The molecule has 2 aromatic carbocycles. The van der Waals surface area contributed by atoms with E-state index in [1.807, 2.05) is 0 Å². The molecule has 1 N–H and O–H groups in total. The molecule has 0 unspecified atom stereocenters. The molecular formula is C28H36N4. The monoisotopic (exact) mass is 428 g/mol. The Kier molecular flexibility index (Phi) is 5.54. The van der Waals surface area contributed by atoms with Crippen LogP contribution in [0.2, 0.25) is 0 Å². The lowest BCUT2D eigenvalue weighted by Crippen LogP contribution is -2.57. The second-order valence-electron chi connectivity index (χ2n) is 10.1. The van der Waals surface area contributed by atoms with Crippen LogP contribution in [0.4, 0.5) is 0 Å². The summed E-state index contributed by atoms with van der Waals surface area (Å²) in [6.45, 7) is 9.63. The number of hydrogen-bond acceptors (Lipinski definition) is 3. The maximum absolute atomic E-state index is 3.93. The van der Waals surface area contributed by atoms with Gasteiger partial charge in [0, 0.05) is 55.9 Å². The number of likely N-dealkylation sites (tertiary alicyclic amines) is 2. The molecule has 32 heavy (non-hydrogen) atoms. The molecule has 0 bridgehead atoms. The van der Waals surface area contributed by atoms with Gasteiger partial charge < -0.3 is 9.88 Å². The van der Waals surface area contributed by atoms with Gasteiger partial charge in [0.25, 0.3) is 0 Å². The normalized spacial score (nSPS) is 22.0. The number of rotatable bonds is 5. The van der Waals surface area contributed by atoms with Crippen LogP contribution in [0.1, 0.15) is 42.5 Å². The minimum atomic E-state index is 0.166. The van der Waals surface area contributed by atoms with Gasteiger partial charge in [-0.25, -0.2) is 0 Å². The number of nitrogens with zero attached hydrogens (tertiary/aromatic N) is 3. The number of H-pyrrole nitrogens is 1. The minimum absolute atomic E-state index is 0.166. The molecule has 6 rings (SSSR count). The third kappa shape index (κ3) is 3.68. The van der Waals surface area contributed by atoms with Gasteiger partial charge in [-0.15, -0.1) is 0 Å². The number of benzene rings is 2. The van der Waals surface area contributed by atoms with Crippen LogP contribution in [0.5, 0.6) is 0 Å². The molecule has 0 amide bonds. The van der Waals surface area contributed by atoms with Gasteiger partial charge in [0.15, 0.2) is 0 Å². The molecule has 2 saturated heterocycles. The van der Waals surface area contributed by atoms with E-state index in [0.717, 1.165) is 6.54 Å². The summed E-state index contributed by atoms with van der Waals surface area (Å²) in [6, 6.07) is 19.9. The largest absolute Gasteiger partial charge is 0.357 e. The van der Waals surface area contributed by atoms with E-state index in [9.17, 15) is 0 Å². The Balaban J connectivity index is 1.27. The molecule has 1 aromatic heterocycles. The van der Waals surface area contributed by atoms with Gasteiger partial charge in [-0.2, -0.15) is 0 Å². The first-order valence-corrected chi connectivity index (χ1v) is 12.7. The third-order valence-electron chi connectivity index (χ3n) is 8.33. The second-order valence-corrected chi connectivity index (χ2v) is 10.1. The van der Waals surface area contributed by atoms with Crippen LogP contribution < -0.4 is 0 Å². The van der Waals surface area contributed by atoms with Crippen molar-refractivity contribution in [1.29, 1.82) is 0 Å². The predicted molar refractivity (Wildman–Crippen MR) is 132 cm³/mol. The highest BCUT2D eigenvalue weighted by atomic mass is 15.3. The number of piperidine rings is 1.